The average Bonchev–Trinajstić information content (AvgIpc) is 0.722. The fraction of sp³-hybridized carbons (Fsp3) is 0. The summed E-state index contributed by atoms with van der Waals surface area (Å²) in [6.07, 6.45) is 0. The summed E-state index contributed by atoms with van der Waals surface area (Å²) < 4.78 is 0. The second-order valence-corrected chi connectivity index (χ2v) is 1.80. The van der Waals surface area contributed by atoms with Crippen LogP contribution in [0.4, 0.5) is 0 Å². The average molecular weight is 148 g/mol. The van der Waals surface area contributed by atoms with Crippen LogP contribution in [0.15, 0.2) is 0 Å². The largest absolute Gasteiger partial charge is 1.00 e. The van der Waals surface area contributed by atoms with E-state index in [1.807, 2.05) is 0 Å². The second-order valence-electron chi connectivity index (χ2n) is 0.600. The Labute approximate surface area is 70.1 Å². The summed E-state index contributed by atoms with van der Waals surface area (Å²) in [7, 11) is -4.61. The first-order valence-electron chi connectivity index (χ1n) is 0.894. The van der Waals surface area contributed by atoms with Gasteiger partial charge in [0.05, 0.1) is 0 Å². The van der Waals surface area contributed by atoms with E-state index >= 15 is 0 Å². The van der Waals surface area contributed by atoms with Crippen molar-refractivity contribution in [2.45, 2.75) is 0 Å². The van der Waals surface area contributed by atoms with Crippen molar-refractivity contribution in [3.63, 3.8) is 0 Å². The van der Waals surface area contributed by atoms with Gasteiger partial charge in [-0.1, -0.05) is 0 Å². The van der Waals surface area contributed by atoms with Gasteiger partial charge in [-0.05, 0) is 0 Å². The van der Waals surface area contributed by atoms with E-state index in [4.69, 9.17) is 19.2 Å². The van der Waals surface area contributed by atoms with E-state index in [0.29, 0.717) is 0 Å². The van der Waals surface area contributed by atoms with Crippen LogP contribution in [0.5, 0.6) is 0 Å². The SMILES string of the molecule is O[Si](O)(O)O.[H-].[Na+].[Si]. The summed E-state index contributed by atoms with van der Waals surface area (Å²) in [6.45, 7) is 0. The van der Waals surface area contributed by atoms with Gasteiger partial charge < -0.3 is 20.6 Å². The third-order valence-corrected chi connectivity index (χ3v) is 0. The van der Waals surface area contributed by atoms with E-state index in [9.17, 15) is 0 Å². The zero-order chi connectivity index (χ0) is 4.50. The molecule has 0 aromatic carbocycles. The summed E-state index contributed by atoms with van der Waals surface area (Å²) in [5.74, 6) is 0. The van der Waals surface area contributed by atoms with Gasteiger partial charge in [-0.2, -0.15) is 0 Å². The molecule has 0 fully saturated rings. The van der Waals surface area contributed by atoms with Crippen LogP contribution in [0.1, 0.15) is 1.43 Å². The van der Waals surface area contributed by atoms with Gasteiger partial charge in [0.25, 0.3) is 0 Å². The van der Waals surface area contributed by atoms with Crippen LogP contribution >= 0.6 is 0 Å². The molecule has 7 heteroatoms. The molecule has 0 bridgehead atoms. The Morgan fingerprint density at radius 1 is 1.00 bits per heavy atom. The van der Waals surface area contributed by atoms with Crippen LogP contribution < -0.4 is 29.6 Å². The normalized spacial score (nSPS) is 8.57. The smallest absolute Gasteiger partial charge is 1.00 e. The van der Waals surface area contributed by atoms with Crippen LogP contribution in [-0.4, -0.2) is 39.2 Å². The summed E-state index contributed by atoms with van der Waals surface area (Å²) >= 11 is 0. The molecule has 0 aromatic rings. The van der Waals surface area contributed by atoms with Gasteiger partial charge in [-0.15, -0.1) is 0 Å². The van der Waals surface area contributed by atoms with Crippen molar-refractivity contribution in [1.82, 2.24) is 0 Å². The van der Waals surface area contributed by atoms with Gasteiger partial charge in [-0.3, -0.25) is 0 Å². The maximum absolute atomic E-state index is 7.33. The molecule has 0 saturated carbocycles. The molecule has 0 unspecified atom stereocenters. The van der Waals surface area contributed by atoms with E-state index < -0.39 is 9.05 Å². The molecular formula is H5NaO4Si2. The van der Waals surface area contributed by atoms with Crippen molar-refractivity contribution in [3.05, 3.63) is 0 Å². The Kier molecular flexibility index (Phi) is 12.2. The molecule has 4 radical (unpaired) electrons. The first kappa shape index (κ1) is 15.7. The molecule has 0 aliphatic carbocycles. The standard InChI is InChI=1S/Na.H4O4Si.Si.H/c;1-5(2,3)4;;/h;1-4H;;/q+1;;;-1. The van der Waals surface area contributed by atoms with E-state index in [0.717, 1.165) is 0 Å². The van der Waals surface area contributed by atoms with E-state index in [1.165, 1.54) is 0 Å². The van der Waals surface area contributed by atoms with Crippen LogP contribution in [0, 0.1) is 0 Å². The second kappa shape index (κ2) is 5.41. The number of rotatable bonds is 0. The molecule has 0 heterocycles. The minimum atomic E-state index is -4.61. The minimum Gasteiger partial charge on any atom is -1.00 e. The molecule has 0 aliphatic rings. The molecule has 0 aliphatic heterocycles. The molecule has 0 spiro atoms. The Bertz CT molecular complexity index is 29.5. The van der Waals surface area contributed by atoms with Crippen molar-refractivity contribution in [1.29, 1.82) is 0 Å². The van der Waals surface area contributed by atoms with Crippen molar-refractivity contribution in [2.75, 3.05) is 0 Å². The third kappa shape index (κ3) is 125. The topological polar surface area (TPSA) is 80.9 Å². The maximum atomic E-state index is 7.33. The zero-order valence-electron chi connectivity index (χ0n) is 4.79. The number of hydrogen-bond donors (Lipinski definition) is 4. The van der Waals surface area contributed by atoms with Gasteiger partial charge in [0, 0.05) is 11.0 Å². The van der Waals surface area contributed by atoms with Crippen LogP contribution in [-0.2, 0) is 0 Å². The third-order valence-electron chi connectivity index (χ3n) is 0. The fourth-order valence-electron chi connectivity index (χ4n) is 0. The van der Waals surface area contributed by atoms with E-state index in [2.05, 4.69) is 0 Å². The fourth-order valence-corrected chi connectivity index (χ4v) is 0. The molecule has 7 heavy (non-hydrogen) atoms. The predicted molar refractivity (Wildman–Crippen MR) is 21.5 cm³/mol. The van der Waals surface area contributed by atoms with Gasteiger partial charge in [0.1, 0.15) is 0 Å². The van der Waals surface area contributed by atoms with E-state index in [1.54, 1.807) is 0 Å². The molecule has 0 amide bonds. The summed E-state index contributed by atoms with van der Waals surface area (Å²) in [5, 5.41) is 0. The van der Waals surface area contributed by atoms with Gasteiger partial charge >= 0.3 is 38.6 Å². The van der Waals surface area contributed by atoms with Gasteiger partial charge in [0.2, 0.25) is 0 Å². The van der Waals surface area contributed by atoms with Crippen LogP contribution in [0.2, 0.25) is 0 Å². The van der Waals surface area contributed by atoms with Crippen molar-refractivity contribution >= 4 is 20.0 Å². The molecule has 0 atom stereocenters. The van der Waals surface area contributed by atoms with Crippen molar-refractivity contribution in [3.8, 4) is 0 Å². The molecule has 0 saturated heterocycles. The molecule has 38 valence electrons. The number of hydrogen-bond acceptors (Lipinski definition) is 4. The quantitative estimate of drug-likeness (QED) is 0.258. The monoisotopic (exact) mass is 148 g/mol. The zero-order valence-corrected chi connectivity index (χ0v) is 7.79. The maximum Gasteiger partial charge on any atom is 1.00 e. The van der Waals surface area contributed by atoms with Crippen molar-refractivity contribution in [2.24, 2.45) is 0 Å². The van der Waals surface area contributed by atoms with Crippen LogP contribution in [0.25, 0.3) is 0 Å². The molecule has 0 aromatic heterocycles. The first-order valence-corrected chi connectivity index (χ1v) is 2.68. The molecule has 0 rings (SSSR count). The first-order chi connectivity index (χ1) is 2.00. The summed E-state index contributed by atoms with van der Waals surface area (Å²) in [4.78, 5) is 29.3. The Morgan fingerprint density at radius 2 is 1.00 bits per heavy atom. The van der Waals surface area contributed by atoms with E-state index in [-0.39, 0.29) is 41.9 Å². The molecule has 4 nitrogen and oxygen atoms in total. The Balaban J connectivity index is -0.0000000267. The minimum absolute atomic E-state index is 0. The molecular weight excluding hydrogens is 143 g/mol. The van der Waals surface area contributed by atoms with Crippen LogP contribution in [0.3, 0.4) is 0 Å². The van der Waals surface area contributed by atoms with Gasteiger partial charge in [0.15, 0.2) is 0 Å². The van der Waals surface area contributed by atoms with Gasteiger partial charge in [-0.25, -0.2) is 0 Å². The predicted octanol–water partition coefficient (Wildman–Crippen LogP) is -5.87. The summed E-state index contributed by atoms with van der Waals surface area (Å²) in [6, 6.07) is 0. The Hall–Kier alpha value is 1.27. The van der Waals surface area contributed by atoms with Crippen molar-refractivity contribution < 1.29 is 50.2 Å². The Morgan fingerprint density at radius 3 is 1.00 bits per heavy atom. The molecule has 4 N–H and O–H groups in total. The summed E-state index contributed by atoms with van der Waals surface area (Å²) in [5.41, 5.74) is 0.